The number of nitrogens with one attached hydrogen (secondary N) is 2. The minimum Gasteiger partial charge on any atom is -0.347 e. The van der Waals surface area contributed by atoms with Crippen LogP contribution in [0, 0.1) is 6.92 Å². The van der Waals surface area contributed by atoms with E-state index in [-0.39, 0.29) is 12.4 Å². The normalized spacial score (nSPS) is 9.62. The van der Waals surface area contributed by atoms with Crippen LogP contribution in [0.3, 0.4) is 0 Å². The van der Waals surface area contributed by atoms with Gasteiger partial charge in [0.05, 0.1) is 0 Å². The van der Waals surface area contributed by atoms with E-state index in [0.29, 0.717) is 5.69 Å². The topological polar surface area (TPSA) is 58.2 Å². The third-order valence-electron chi connectivity index (χ3n) is 1.90. The van der Waals surface area contributed by atoms with Gasteiger partial charge in [-0.2, -0.15) is 0 Å². The largest absolute Gasteiger partial charge is 0.347 e. The molecule has 0 bridgehead atoms. The lowest BCUT2D eigenvalue weighted by Gasteiger charge is -2.05. The van der Waals surface area contributed by atoms with Crippen molar-refractivity contribution in [2.75, 3.05) is 17.7 Å². The van der Waals surface area contributed by atoms with E-state index < -0.39 is 11.8 Å². The van der Waals surface area contributed by atoms with Crippen molar-refractivity contribution in [1.82, 2.24) is 5.32 Å². The average Bonchev–Trinajstić information content (AvgIpc) is 2.29. The molecule has 0 aliphatic heterocycles. The molecule has 4 nitrogen and oxygen atoms in total. The van der Waals surface area contributed by atoms with Gasteiger partial charge in [0.1, 0.15) is 0 Å². The van der Waals surface area contributed by atoms with Gasteiger partial charge in [0.15, 0.2) is 0 Å². The zero-order valence-electron chi connectivity index (χ0n) is 8.92. The summed E-state index contributed by atoms with van der Waals surface area (Å²) in [5.74, 6) is -1.08. The molecule has 0 unspecified atom stereocenters. The van der Waals surface area contributed by atoms with Crippen LogP contribution in [0.4, 0.5) is 5.69 Å². The number of alkyl halides is 1. The highest BCUT2D eigenvalue weighted by atomic mass is 35.5. The highest BCUT2D eigenvalue weighted by molar-refractivity contribution is 6.39. The third-order valence-corrected chi connectivity index (χ3v) is 2.08. The van der Waals surface area contributed by atoms with Gasteiger partial charge in [-0.3, -0.25) is 9.59 Å². The van der Waals surface area contributed by atoms with Crippen LogP contribution in [0.2, 0.25) is 0 Å². The smallest absolute Gasteiger partial charge is 0.313 e. The molecule has 2 N–H and O–H groups in total. The Morgan fingerprint density at radius 1 is 1.19 bits per heavy atom. The van der Waals surface area contributed by atoms with Crippen LogP contribution in [0.1, 0.15) is 5.56 Å². The fourth-order valence-electron chi connectivity index (χ4n) is 1.07. The molecule has 16 heavy (non-hydrogen) atoms. The maximum atomic E-state index is 11.3. The van der Waals surface area contributed by atoms with Crippen LogP contribution in [0.25, 0.3) is 0 Å². The summed E-state index contributed by atoms with van der Waals surface area (Å²) >= 11 is 5.38. The Morgan fingerprint density at radius 3 is 2.38 bits per heavy atom. The molecule has 1 aromatic rings. The van der Waals surface area contributed by atoms with E-state index in [4.69, 9.17) is 11.6 Å². The third kappa shape index (κ3) is 3.90. The lowest BCUT2D eigenvalue weighted by molar-refractivity contribution is -0.136. The summed E-state index contributed by atoms with van der Waals surface area (Å²) in [6.45, 7) is 2.22. The van der Waals surface area contributed by atoms with E-state index in [9.17, 15) is 9.59 Å². The van der Waals surface area contributed by atoms with Crippen molar-refractivity contribution in [3.63, 3.8) is 0 Å². The molecule has 1 aromatic carbocycles. The summed E-state index contributed by atoms with van der Waals surface area (Å²) in [5.41, 5.74) is 1.68. The quantitative estimate of drug-likeness (QED) is 0.618. The standard InChI is InChI=1S/C11H13ClN2O2/c1-8-2-4-9(5-3-8)14-11(16)10(15)13-7-6-12/h2-5H,6-7H2,1H3,(H,13,15)(H,14,16). The highest BCUT2D eigenvalue weighted by Gasteiger charge is 2.12. The van der Waals surface area contributed by atoms with Crippen molar-refractivity contribution in [2.45, 2.75) is 6.92 Å². The van der Waals surface area contributed by atoms with Gasteiger partial charge in [0.25, 0.3) is 0 Å². The van der Waals surface area contributed by atoms with Crippen LogP contribution in [-0.4, -0.2) is 24.2 Å². The molecule has 0 saturated heterocycles. The molecule has 0 saturated carbocycles. The summed E-state index contributed by atoms with van der Waals surface area (Å²) in [4.78, 5) is 22.5. The van der Waals surface area contributed by atoms with Gasteiger partial charge in [-0.25, -0.2) is 0 Å². The maximum absolute atomic E-state index is 11.3. The van der Waals surface area contributed by atoms with Gasteiger partial charge < -0.3 is 10.6 Å². The fourth-order valence-corrected chi connectivity index (χ4v) is 1.16. The molecule has 86 valence electrons. The molecular formula is C11H13ClN2O2. The molecule has 0 aromatic heterocycles. The zero-order chi connectivity index (χ0) is 12.0. The first kappa shape index (κ1) is 12.5. The number of hydrogen-bond acceptors (Lipinski definition) is 2. The van der Waals surface area contributed by atoms with Gasteiger partial charge in [-0.1, -0.05) is 17.7 Å². The minimum atomic E-state index is -0.686. The first-order valence-electron chi connectivity index (χ1n) is 4.85. The highest BCUT2D eigenvalue weighted by Crippen LogP contribution is 2.07. The van der Waals surface area contributed by atoms with Gasteiger partial charge in [-0.05, 0) is 19.1 Å². The number of hydrogen-bond donors (Lipinski definition) is 2. The second-order valence-electron chi connectivity index (χ2n) is 3.27. The number of carbonyl (C=O) groups excluding carboxylic acids is 2. The summed E-state index contributed by atoms with van der Waals surface area (Å²) in [5, 5.41) is 4.86. The lowest BCUT2D eigenvalue weighted by Crippen LogP contribution is -2.36. The van der Waals surface area contributed by atoms with E-state index >= 15 is 0 Å². The van der Waals surface area contributed by atoms with Crippen molar-refractivity contribution < 1.29 is 9.59 Å². The van der Waals surface area contributed by atoms with Crippen molar-refractivity contribution >= 4 is 29.1 Å². The molecule has 0 atom stereocenters. The van der Waals surface area contributed by atoms with Crippen LogP contribution < -0.4 is 10.6 Å². The minimum absolute atomic E-state index is 0.279. The van der Waals surface area contributed by atoms with Crippen LogP contribution in [0.5, 0.6) is 0 Å². The van der Waals surface area contributed by atoms with Gasteiger partial charge in [0, 0.05) is 18.1 Å². The second kappa shape index (κ2) is 6.12. The number of carbonyl (C=O) groups is 2. The molecule has 0 heterocycles. The van der Waals surface area contributed by atoms with Crippen molar-refractivity contribution in [3.8, 4) is 0 Å². The molecular weight excluding hydrogens is 228 g/mol. The van der Waals surface area contributed by atoms with E-state index in [1.54, 1.807) is 12.1 Å². The molecule has 0 aliphatic carbocycles. The van der Waals surface area contributed by atoms with Gasteiger partial charge in [-0.15, -0.1) is 11.6 Å². The molecule has 2 amide bonds. The van der Waals surface area contributed by atoms with Crippen molar-refractivity contribution in [3.05, 3.63) is 29.8 Å². The molecule has 5 heteroatoms. The summed E-state index contributed by atoms with van der Waals surface area (Å²) < 4.78 is 0. The van der Waals surface area contributed by atoms with Crippen molar-refractivity contribution in [1.29, 1.82) is 0 Å². The van der Waals surface area contributed by atoms with E-state index in [1.807, 2.05) is 19.1 Å². The van der Waals surface area contributed by atoms with Gasteiger partial charge >= 0.3 is 11.8 Å². The predicted octanol–water partition coefficient (Wildman–Crippen LogP) is 1.29. The van der Waals surface area contributed by atoms with Gasteiger partial charge in [0.2, 0.25) is 0 Å². The van der Waals surface area contributed by atoms with E-state index in [2.05, 4.69) is 10.6 Å². The average molecular weight is 241 g/mol. The summed E-state index contributed by atoms with van der Waals surface area (Å²) in [6, 6.07) is 7.18. The molecule has 0 fully saturated rings. The number of amides is 2. The Balaban J connectivity index is 2.51. The first-order chi connectivity index (χ1) is 7.63. The molecule has 0 aliphatic rings. The Labute approximate surface area is 99.0 Å². The Kier molecular flexibility index (Phi) is 4.79. The Hall–Kier alpha value is -1.55. The SMILES string of the molecule is Cc1ccc(NC(=O)C(=O)NCCCl)cc1. The van der Waals surface area contributed by atoms with E-state index in [1.165, 1.54) is 0 Å². The Morgan fingerprint density at radius 2 is 1.81 bits per heavy atom. The monoisotopic (exact) mass is 240 g/mol. The maximum Gasteiger partial charge on any atom is 0.313 e. The lowest BCUT2D eigenvalue weighted by atomic mass is 10.2. The predicted molar refractivity (Wildman–Crippen MR) is 63.5 cm³/mol. The number of rotatable bonds is 3. The number of halogens is 1. The molecule has 1 rings (SSSR count). The number of anilines is 1. The molecule has 0 radical (unpaired) electrons. The number of aryl methyl sites for hydroxylation is 1. The van der Waals surface area contributed by atoms with Crippen molar-refractivity contribution in [2.24, 2.45) is 0 Å². The van der Waals surface area contributed by atoms with E-state index in [0.717, 1.165) is 5.56 Å². The summed E-state index contributed by atoms with van der Waals surface area (Å²) in [7, 11) is 0. The zero-order valence-corrected chi connectivity index (χ0v) is 9.67. The fraction of sp³-hybridized carbons (Fsp3) is 0.273. The Bertz CT molecular complexity index is 376. The first-order valence-corrected chi connectivity index (χ1v) is 5.38. The second-order valence-corrected chi connectivity index (χ2v) is 3.64. The van der Waals surface area contributed by atoms with Crippen LogP contribution >= 0.6 is 11.6 Å². The number of benzene rings is 1. The van der Waals surface area contributed by atoms with Crippen LogP contribution in [0.15, 0.2) is 24.3 Å². The molecule has 0 spiro atoms. The van der Waals surface area contributed by atoms with Crippen LogP contribution in [-0.2, 0) is 9.59 Å². The summed E-state index contributed by atoms with van der Waals surface area (Å²) in [6.07, 6.45) is 0.